The molecule has 124 heavy (non-hydrogen) atoms. The number of carboxylic acid groups (broad SMARTS) is 1. The number of aromatic nitrogens is 2. The first kappa shape index (κ1) is 81.3. The topological polar surface area (TPSA) is 259 Å². The number of carbonyl (C=O) groups excluding carboxylic acids is 4. The third-order valence-corrected chi connectivity index (χ3v) is 26.1. The number of ether oxygens (including phenoxy) is 8. The fourth-order valence-corrected chi connectivity index (χ4v) is 18.2. The van der Waals surface area contributed by atoms with Gasteiger partial charge in [0.1, 0.15) is 11.5 Å². The van der Waals surface area contributed by atoms with Gasteiger partial charge in [0.2, 0.25) is 44.0 Å². The molecule has 22 heteroatoms. The van der Waals surface area contributed by atoms with Crippen molar-refractivity contribution < 1.29 is 72.7 Å². The molecular formula is C102H99ClN6O14S. The fraction of sp³-hybridized carbons (Fsp3) is 0.225. The Kier molecular flexibility index (Phi) is 21.8. The molecule has 3 aromatic heterocycles. The molecule has 6 heterocycles. The molecule has 4 aliphatic carbocycles. The lowest BCUT2D eigenvalue weighted by Crippen LogP contribution is -2.27. The fourth-order valence-electron chi connectivity index (χ4n) is 17.1. The van der Waals surface area contributed by atoms with Gasteiger partial charge in [-0.2, -0.15) is 0 Å². The molecule has 4 fully saturated rings. The van der Waals surface area contributed by atoms with Gasteiger partial charge in [-0.1, -0.05) is 84.4 Å². The van der Waals surface area contributed by atoms with Crippen LogP contribution >= 0.6 is 22.9 Å². The number of aliphatic carboxylic acids is 1. The molecule has 3 aliphatic heterocycles. The van der Waals surface area contributed by atoms with E-state index in [2.05, 4.69) is 114 Å². The lowest BCUT2D eigenvalue weighted by atomic mass is 9.94. The van der Waals surface area contributed by atoms with Crippen molar-refractivity contribution in [3.05, 3.63) is 297 Å². The van der Waals surface area contributed by atoms with Gasteiger partial charge in [0.05, 0.1) is 46.6 Å². The van der Waals surface area contributed by atoms with E-state index < -0.39 is 27.6 Å². The van der Waals surface area contributed by atoms with Gasteiger partial charge in [-0.05, 0) is 338 Å². The number of anilines is 4. The molecule has 7 N–H and O–H groups in total. The molecule has 4 saturated carbocycles. The average molecular weight is 1700 g/mol. The number of nitrogens with one attached hydrogen (secondary N) is 6. The van der Waals surface area contributed by atoms with Crippen molar-refractivity contribution in [2.24, 2.45) is 0 Å². The van der Waals surface area contributed by atoms with Crippen molar-refractivity contribution in [2.45, 2.75) is 114 Å². The van der Waals surface area contributed by atoms with E-state index in [0.717, 1.165) is 212 Å². The zero-order chi connectivity index (χ0) is 85.8. The smallest absolute Gasteiger partial charge is 0.307 e. The minimum atomic E-state index is -0.867. The number of hydrogen-bond acceptors (Lipinski definition) is 14. The second kappa shape index (κ2) is 33.2. The Morgan fingerprint density at radius 2 is 0.855 bits per heavy atom. The highest BCUT2D eigenvalue weighted by atomic mass is 35.5. The number of benzene rings is 11. The largest absolute Gasteiger partial charge is 0.497 e. The van der Waals surface area contributed by atoms with Crippen LogP contribution in [-0.4, -0.2) is 79.3 Å². The Hall–Kier alpha value is -13.8. The number of carbonyl (C=O) groups is 5. The molecule has 20 nitrogen and oxygen atoms in total. The molecule has 7 aliphatic rings. The van der Waals surface area contributed by atoms with Crippen LogP contribution < -0.4 is 59.2 Å². The SMILES string of the molecule is COc1ccc(C2(C(=O)Nc3ccc(C)c(-c4cc(C)c(OC)c(C)c4)c3)CC2)cc1.Cc1ccc(NC(=O)C2(c3ccc4c(c3)OCO4)CC2)cc1-c1ccc(Cl)s1.Cc1ccc(NC(=O)C2(c3ccc4c(c3)OCO4)CC2)cc1-c1ccc2[nH]cc(CC(=O)O)c2c1.O=C(Nc1cccc(-c2ccc3[nH]ccc3c2)c1)C1(c2ccc3c(c2)OCO3)CC1.[HH].[HH].[HH].[HH]. The highest BCUT2D eigenvalue weighted by Gasteiger charge is 2.55. The van der Waals surface area contributed by atoms with Crippen LogP contribution in [-0.2, 0) is 52.1 Å². The minimum absolute atomic E-state index is 0. The number of aryl methyl sites for hydroxylation is 5. The number of rotatable bonds is 20. The summed E-state index contributed by atoms with van der Waals surface area (Å²) in [6.07, 6.45) is 10.3. The Labute approximate surface area is 732 Å². The molecular weight excluding hydrogens is 1600 g/mol. The Balaban J connectivity index is 0.000000137. The predicted octanol–water partition coefficient (Wildman–Crippen LogP) is 23.1. The van der Waals surface area contributed by atoms with Crippen LogP contribution in [0.25, 0.3) is 65.6 Å². The number of hydrogen-bond donors (Lipinski definition) is 7. The van der Waals surface area contributed by atoms with Crippen LogP contribution in [0.4, 0.5) is 22.7 Å². The maximum atomic E-state index is 13.4. The molecule has 0 bridgehead atoms. The highest BCUT2D eigenvalue weighted by Crippen LogP contribution is 2.55. The predicted molar refractivity (Wildman–Crippen MR) is 493 cm³/mol. The summed E-state index contributed by atoms with van der Waals surface area (Å²) < 4.78 is 44.2. The summed E-state index contributed by atoms with van der Waals surface area (Å²) in [5, 5.41) is 23.8. The molecule has 0 unspecified atom stereocenters. The van der Waals surface area contributed by atoms with E-state index in [1.165, 1.54) is 22.3 Å². The van der Waals surface area contributed by atoms with Gasteiger partial charge in [0.15, 0.2) is 34.5 Å². The monoisotopic (exact) mass is 1700 g/mol. The van der Waals surface area contributed by atoms with Crippen LogP contribution in [0.2, 0.25) is 4.34 Å². The lowest BCUT2D eigenvalue weighted by Gasteiger charge is -2.18. The van der Waals surface area contributed by atoms with E-state index in [4.69, 9.17) is 49.5 Å². The third-order valence-electron chi connectivity index (χ3n) is 24.9. The van der Waals surface area contributed by atoms with Gasteiger partial charge in [-0.15, -0.1) is 11.3 Å². The first-order valence-electron chi connectivity index (χ1n) is 41.4. The number of methoxy groups -OCH3 is 2. The van der Waals surface area contributed by atoms with Gasteiger partial charge >= 0.3 is 5.97 Å². The van der Waals surface area contributed by atoms with Crippen molar-refractivity contribution in [3.8, 4) is 89.8 Å². The summed E-state index contributed by atoms with van der Waals surface area (Å²) in [5.74, 6) is 5.20. The van der Waals surface area contributed by atoms with E-state index >= 15 is 0 Å². The molecule has 0 saturated heterocycles. The standard InChI is InChI=1S/C28H24N2O5.C27H29NO3.C25H20N2O3.C22H18ClNO3S.4H2/c1-16-2-5-20(13-21(16)17-3-6-23-22(10-17)18(14-29-23)11-26(31)32)30-27(33)28(8-9-28)19-4-7-24-25(12-19)35-15-34-24;1-17-6-9-22(16-24(17)20-14-18(2)25(31-5)19(3)15-20)28-26(29)27(12-13-27)21-7-10-23(30-4)11-8-21;28-24(25(9-10-25)19-5-7-22-23(14-19)30-15-29-22)27-20-3-1-2-16(13-20)17-4-6-21-18(12-17)8-11-26-21;1-13-2-4-15(11-16(13)19-6-7-20(23)28-19)24-21(25)22(8-9-22)14-3-5-17-18(10-14)27-12-26-17;;;;/h2-7,10,12-14,29H,8-9,11,15H2,1H3,(H,30,33)(H,31,32);6-11,14-16H,12-13H2,1-5H3,(H,28,29);1-8,11-14,26H,9-10,15H2,(H,27,28);2-7,10-11H,8-9,12H2,1H3,(H,24,25);4*1H. The number of thiophene rings is 1. The summed E-state index contributed by atoms with van der Waals surface area (Å²) in [6, 6.07) is 73.7. The van der Waals surface area contributed by atoms with Gasteiger partial charge in [0.25, 0.3) is 0 Å². The van der Waals surface area contributed by atoms with E-state index in [1.54, 1.807) is 20.4 Å². The quantitative estimate of drug-likeness (QED) is 0.0375. The molecule has 21 rings (SSSR count). The summed E-state index contributed by atoms with van der Waals surface area (Å²) in [7, 11) is 3.35. The Bertz CT molecular complexity index is 6570. The average Bonchev–Trinajstić information content (AvgIpc) is 1.61. The normalized spacial score (nSPS) is 15.3. The van der Waals surface area contributed by atoms with Crippen LogP contribution in [0.3, 0.4) is 0 Å². The van der Waals surface area contributed by atoms with Gasteiger partial charge in [-0.25, -0.2) is 0 Å². The van der Waals surface area contributed by atoms with E-state index in [1.807, 2.05) is 183 Å². The van der Waals surface area contributed by atoms with Gasteiger partial charge in [-0.3, -0.25) is 24.0 Å². The van der Waals surface area contributed by atoms with E-state index in [0.29, 0.717) is 23.0 Å². The van der Waals surface area contributed by atoms with Gasteiger partial charge in [0, 0.05) is 62.1 Å². The van der Waals surface area contributed by atoms with Crippen LogP contribution in [0.15, 0.2) is 237 Å². The number of carboxylic acids is 1. The first-order valence-corrected chi connectivity index (χ1v) is 42.6. The number of amides is 4. The lowest BCUT2D eigenvalue weighted by molar-refractivity contribution is -0.136. The van der Waals surface area contributed by atoms with Crippen molar-refractivity contribution in [1.29, 1.82) is 0 Å². The van der Waals surface area contributed by atoms with Crippen molar-refractivity contribution in [1.82, 2.24) is 9.97 Å². The van der Waals surface area contributed by atoms with Crippen LogP contribution in [0.5, 0.6) is 46.0 Å². The van der Waals surface area contributed by atoms with Gasteiger partial charge < -0.3 is 74.2 Å². The molecule has 4 amide bonds. The zero-order valence-electron chi connectivity index (χ0n) is 69.5. The van der Waals surface area contributed by atoms with Crippen molar-refractivity contribution in [3.63, 3.8) is 0 Å². The summed E-state index contributed by atoms with van der Waals surface area (Å²) in [6.45, 7) is 11.0. The third kappa shape index (κ3) is 16.3. The number of H-pyrrole nitrogens is 2. The van der Waals surface area contributed by atoms with Crippen molar-refractivity contribution >= 4 is 97.1 Å². The minimum Gasteiger partial charge on any atom is -0.497 e. The number of aromatic amines is 2. The molecule has 634 valence electrons. The molecule has 0 spiro atoms. The van der Waals surface area contributed by atoms with Crippen LogP contribution in [0.1, 0.15) is 113 Å². The summed E-state index contributed by atoms with van der Waals surface area (Å²) in [5.41, 5.74) is 20.9. The number of halogens is 1. The van der Waals surface area contributed by atoms with E-state index in [-0.39, 0.29) is 56.1 Å². The number of fused-ring (bicyclic) bond motifs is 5. The maximum absolute atomic E-state index is 13.4. The molecule has 0 atom stereocenters. The first-order chi connectivity index (χ1) is 60.1. The summed E-state index contributed by atoms with van der Waals surface area (Å²) in [4.78, 5) is 71.6. The zero-order valence-corrected chi connectivity index (χ0v) is 71.1. The Morgan fingerprint density at radius 3 is 1.33 bits per heavy atom. The van der Waals surface area contributed by atoms with E-state index in [9.17, 15) is 29.1 Å². The molecule has 14 aromatic rings. The Morgan fingerprint density at radius 1 is 0.411 bits per heavy atom. The van der Waals surface area contributed by atoms with Crippen LogP contribution in [0, 0.1) is 34.6 Å². The maximum Gasteiger partial charge on any atom is 0.307 e. The second-order valence-corrected chi connectivity index (χ2v) is 34.6. The summed E-state index contributed by atoms with van der Waals surface area (Å²) >= 11 is 7.63. The highest BCUT2D eigenvalue weighted by molar-refractivity contribution is 7.19. The molecule has 0 radical (unpaired) electrons. The molecule has 11 aromatic carbocycles. The van der Waals surface area contributed by atoms with Crippen molar-refractivity contribution in [2.75, 3.05) is 55.9 Å². The second-order valence-electron chi connectivity index (χ2n) is 32.9.